The summed E-state index contributed by atoms with van der Waals surface area (Å²) in [5.74, 6) is -0.0532. The molecule has 4 aromatic rings. The van der Waals surface area contributed by atoms with E-state index in [1.807, 2.05) is 55.7 Å². The van der Waals surface area contributed by atoms with Gasteiger partial charge in [-0.3, -0.25) is 14.5 Å². The fraction of sp³-hybridized carbons (Fsp3) is 0.143. The van der Waals surface area contributed by atoms with Crippen molar-refractivity contribution in [2.45, 2.75) is 6.54 Å². The Balaban J connectivity index is 1.76. The van der Waals surface area contributed by atoms with Gasteiger partial charge in [0.1, 0.15) is 0 Å². The van der Waals surface area contributed by atoms with Gasteiger partial charge < -0.3 is 4.90 Å². The van der Waals surface area contributed by atoms with Crippen LogP contribution in [-0.2, 0) is 13.6 Å². The molecule has 4 rings (SSSR count). The van der Waals surface area contributed by atoms with E-state index in [1.165, 1.54) is 0 Å². The first-order valence-electron chi connectivity index (χ1n) is 8.65. The Bertz CT molecular complexity index is 1100. The van der Waals surface area contributed by atoms with Crippen LogP contribution in [0.2, 0.25) is 0 Å². The van der Waals surface area contributed by atoms with Crippen LogP contribution in [0, 0.1) is 0 Å². The molecule has 0 saturated carbocycles. The second-order valence-electron chi connectivity index (χ2n) is 6.50. The van der Waals surface area contributed by atoms with Gasteiger partial charge in [0, 0.05) is 55.7 Å². The Morgan fingerprint density at radius 1 is 1.15 bits per heavy atom. The van der Waals surface area contributed by atoms with Crippen LogP contribution in [0.15, 0.2) is 67.3 Å². The van der Waals surface area contributed by atoms with Crippen molar-refractivity contribution in [2.75, 3.05) is 7.05 Å². The molecule has 0 radical (unpaired) electrons. The summed E-state index contributed by atoms with van der Waals surface area (Å²) in [6.07, 6.45) is 7.16. The predicted molar refractivity (Wildman–Crippen MR) is 104 cm³/mol. The zero-order valence-corrected chi connectivity index (χ0v) is 15.2. The van der Waals surface area contributed by atoms with Crippen molar-refractivity contribution in [1.82, 2.24) is 24.6 Å². The smallest absolute Gasteiger partial charge is 0.254 e. The van der Waals surface area contributed by atoms with Crippen molar-refractivity contribution < 1.29 is 4.79 Å². The van der Waals surface area contributed by atoms with Crippen molar-refractivity contribution >= 4 is 16.8 Å². The molecule has 0 fully saturated rings. The Kier molecular flexibility index (Phi) is 4.38. The van der Waals surface area contributed by atoms with Gasteiger partial charge in [0.2, 0.25) is 0 Å². The van der Waals surface area contributed by atoms with Crippen molar-refractivity contribution in [2.24, 2.45) is 7.05 Å². The summed E-state index contributed by atoms with van der Waals surface area (Å²) in [6, 6.07) is 13.4. The maximum Gasteiger partial charge on any atom is 0.254 e. The molecule has 0 aliphatic rings. The first kappa shape index (κ1) is 16.9. The van der Waals surface area contributed by atoms with E-state index in [2.05, 4.69) is 10.1 Å². The fourth-order valence-electron chi connectivity index (χ4n) is 3.12. The normalized spacial score (nSPS) is 10.9. The van der Waals surface area contributed by atoms with Gasteiger partial charge in [0.05, 0.1) is 23.0 Å². The van der Waals surface area contributed by atoms with Gasteiger partial charge in [-0.15, -0.1) is 0 Å². The number of benzene rings is 1. The summed E-state index contributed by atoms with van der Waals surface area (Å²) >= 11 is 0. The Labute approximate surface area is 157 Å². The number of amides is 1. The van der Waals surface area contributed by atoms with E-state index in [1.54, 1.807) is 35.2 Å². The molecule has 1 amide bonds. The van der Waals surface area contributed by atoms with Gasteiger partial charge in [-0.2, -0.15) is 5.10 Å². The van der Waals surface area contributed by atoms with Crippen molar-refractivity contribution in [3.05, 3.63) is 78.4 Å². The molecule has 0 spiro atoms. The lowest BCUT2D eigenvalue weighted by molar-refractivity contribution is 0.0787. The highest BCUT2D eigenvalue weighted by molar-refractivity contribution is 6.07. The van der Waals surface area contributed by atoms with Crippen molar-refractivity contribution in [1.29, 1.82) is 0 Å². The zero-order valence-electron chi connectivity index (χ0n) is 15.2. The SMILES string of the molecule is CN(Cc1cnn(C)c1)C(=O)c1cc(-c2cccnc2)nc2ccccc12. The molecule has 134 valence electrons. The number of hydrogen-bond acceptors (Lipinski definition) is 4. The van der Waals surface area contributed by atoms with Gasteiger partial charge in [0.25, 0.3) is 5.91 Å². The summed E-state index contributed by atoms with van der Waals surface area (Å²) in [5, 5.41) is 5.01. The standard InChI is InChI=1S/C21H19N5O/c1-25(13-15-11-23-26(2)14-15)21(27)18-10-20(16-6-5-9-22-12-16)24-19-8-4-3-7-17(18)19/h3-12,14H,13H2,1-2H3. The van der Waals surface area contributed by atoms with Crippen LogP contribution in [0.3, 0.4) is 0 Å². The third kappa shape index (κ3) is 3.42. The van der Waals surface area contributed by atoms with Crippen LogP contribution >= 0.6 is 0 Å². The molecule has 6 heteroatoms. The number of pyridine rings is 2. The maximum absolute atomic E-state index is 13.2. The highest BCUT2D eigenvalue weighted by Crippen LogP contribution is 2.25. The van der Waals surface area contributed by atoms with Gasteiger partial charge in [0.15, 0.2) is 0 Å². The second-order valence-corrected chi connectivity index (χ2v) is 6.50. The van der Waals surface area contributed by atoms with Crippen molar-refractivity contribution in [3.8, 4) is 11.3 Å². The monoisotopic (exact) mass is 357 g/mol. The Hall–Kier alpha value is -3.54. The van der Waals surface area contributed by atoms with E-state index < -0.39 is 0 Å². The van der Waals surface area contributed by atoms with Gasteiger partial charge in [-0.1, -0.05) is 18.2 Å². The van der Waals surface area contributed by atoms with Gasteiger partial charge in [-0.25, -0.2) is 4.98 Å². The Morgan fingerprint density at radius 2 is 2.00 bits per heavy atom. The van der Waals surface area contributed by atoms with E-state index in [0.717, 1.165) is 27.7 Å². The molecule has 0 unspecified atom stereocenters. The molecule has 3 heterocycles. The number of nitrogens with zero attached hydrogens (tertiary/aromatic N) is 5. The molecule has 1 aromatic carbocycles. The van der Waals surface area contributed by atoms with Crippen LogP contribution in [0.1, 0.15) is 15.9 Å². The topological polar surface area (TPSA) is 63.9 Å². The first-order valence-corrected chi connectivity index (χ1v) is 8.65. The minimum absolute atomic E-state index is 0.0532. The van der Waals surface area contributed by atoms with Gasteiger partial charge in [-0.05, 0) is 24.3 Å². The van der Waals surface area contributed by atoms with Crippen LogP contribution < -0.4 is 0 Å². The molecule has 0 aliphatic heterocycles. The first-order chi connectivity index (χ1) is 13.1. The third-order valence-corrected chi connectivity index (χ3v) is 4.43. The number of carbonyl (C=O) groups is 1. The number of carbonyl (C=O) groups excluding carboxylic acids is 1. The molecule has 0 saturated heterocycles. The van der Waals surface area contributed by atoms with Gasteiger partial charge >= 0.3 is 0 Å². The molecule has 0 N–H and O–H groups in total. The maximum atomic E-state index is 13.2. The quantitative estimate of drug-likeness (QED) is 0.562. The highest BCUT2D eigenvalue weighted by Gasteiger charge is 2.18. The van der Waals surface area contributed by atoms with E-state index in [-0.39, 0.29) is 5.91 Å². The number of aryl methyl sites for hydroxylation is 1. The third-order valence-electron chi connectivity index (χ3n) is 4.43. The van der Waals surface area contributed by atoms with E-state index in [4.69, 9.17) is 4.98 Å². The van der Waals surface area contributed by atoms with Crippen LogP contribution in [0.5, 0.6) is 0 Å². The summed E-state index contributed by atoms with van der Waals surface area (Å²) < 4.78 is 1.73. The fourth-order valence-corrected chi connectivity index (χ4v) is 3.12. The number of hydrogen-bond donors (Lipinski definition) is 0. The largest absolute Gasteiger partial charge is 0.337 e. The number of aromatic nitrogens is 4. The second kappa shape index (κ2) is 6.99. The van der Waals surface area contributed by atoms with E-state index in [0.29, 0.717) is 12.1 Å². The number of rotatable bonds is 4. The molecule has 0 atom stereocenters. The van der Waals surface area contributed by atoms with Crippen LogP contribution in [-0.4, -0.2) is 37.6 Å². The molecule has 0 bridgehead atoms. The van der Waals surface area contributed by atoms with Crippen LogP contribution in [0.4, 0.5) is 0 Å². The average molecular weight is 357 g/mol. The molecule has 27 heavy (non-hydrogen) atoms. The average Bonchev–Trinajstić information content (AvgIpc) is 3.11. The predicted octanol–water partition coefficient (Wildman–Crippen LogP) is 3.30. The molecule has 3 aromatic heterocycles. The van der Waals surface area contributed by atoms with Crippen LogP contribution in [0.25, 0.3) is 22.2 Å². The summed E-state index contributed by atoms with van der Waals surface area (Å²) in [4.78, 5) is 23.8. The molecular weight excluding hydrogens is 338 g/mol. The summed E-state index contributed by atoms with van der Waals surface area (Å²) in [7, 11) is 3.66. The lowest BCUT2D eigenvalue weighted by atomic mass is 10.0. The Morgan fingerprint density at radius 3 is 2.74 bits per heavy atom. The van der Waals surface area contributed by atoms with Crippen molar-refractivity contribution in [3.63, 3.8) is 0 Å². The highest BCUT2D eigenvalue weighted by atomic mass is 16.2. The summed E-state index contributed by atoms with van der Waals surface area (Å²) in [5.41, 5.74) is 4.02. The minimum atomic E-state index is -0.0532. The number of fused-ring (bicyclic) bond motifs is 1. The molecular formula is C21H19N5O. The lowest BCUT2D eigenvalue weighted by Crippen LogP contribution is -2.26. The number of para-hydroxylation sites is 1. The lowest BCUT2D eigenvalue weighted by Gasteiger charge is -2.18. The molecule has 6 nitrogen and oxygen atoms in total. The van der Waals surface area contributed by atoms with E-state index in [9.17, 15) is 4.79 Å². The molecule has 0 aliphatic carbocycles. The minimum Gasteiger partial charge on any atom is -0.337 e. The zero-order chi connectivity index (χ0) is 18.8. The summed E-state index contributed by atoms with van der Waals surface area (Å²) in [6.45, 7) is 0.492. The van der Waals surface area contributed by atoms with E-state index >= 15 is 0 Å².